The molecular formula is C13H13BrN4O. The number of nitrogens with zero attached hydrogens (tertiary/aromatic N) is 3. The summed E-state index contributed by atoms with van der Waals surface area (Å²) < 4.78 is 2.48. The molecule has 0 aliphatic carbocycles. The van der Waals surface area contributed by atoms with Crippen molar-refractivity contribution in [2.45, 2.75) is 12.6 Å². The Morgan fingerprint density at radius 3 is 3.00 bits per heavy atom. The van der Waals surface area contributed by atoms with Crippen molar-refractivity contribution < 1.29 is 5.11 Å². The molecule has 0 radical (unpaired) electrons. The number of rotatable bonds is 5. The van der Waals surface area contributed by atoms with Gasteiger partial charge in [0.25, 0.3) is 0 Å². The van der Waals surface area contributed by atoms with E-state index in [2.05, 4.69) is 32.4 Å². The summed E-state index contributed by atoms with van der Waals surface area (Å²) in [6.45, 7) is 0.845. The molecule has 98 valence electrons. The molecular weight excluding hydrogens is 308 g/mol. The van der Waals surface area contributed by atoms with Gasteiger partial charge in [0.1, 0.15) is 0 Å². The van der Waals surface area contributed by atoms with E-state index in [0.717, 1.165) is 10.2 Å². The molecule has 19 heavy (non-hydrogen) atoms. The lowest BCUT2D eigenvalue weighted by molar-refractivity contribution is 0.161. The molecule has 2 N–H and O–H groups in total. The number of benzene rings is 1. The van der Waals surface area contributed by atoms with Crippen LogP contribution >= 0.6 is 15.9 Å². The summed E-state index contributed by atoms with van der Waals surface area (Å²) in [6, 6.07) is 9.16. The van der Waals surface area contributed by atoms with Crippen molar-refractivity contribution in [3.63, 3.8) is 0 Å². The minimum atomic E-state index is -0.539. The number of hydrogen-bond acceptors (Lipinski definition) is 4. The molecule has 1 atom stereocenters. The smallest absolute Gasteiger partial charge is 0.0992 e. The van der Waals surface area contributed by atoms with E-state index in [-0.39, 0.29) is 0 Å². The molecule has 2 rings (SSSR count). The maximum atomic E-state index is 9.88. The second-order valence-electron chi connectivity index (χ2n) is 4.07. The Balaban J connectivity index is 1.90. The highest BCUT2D eigenvalue weighted by Gasteiger charge is 2.07. The lowest BCUT2D eigenvalue weighted by atomic mass is 10.2. The van der Waals surface area contributed by atoms with Crippen LogP contribution in [0.2, 0.25) is 0 Å². The zero-order valence-electron chi connectivity index (χ0n) is 10.1. The SMILES string of the molecule is N#Cc1ccc(NCC(O)Cn2cccn2)c(Br)c1. The molecule has 1 unspecified atom stereocenters. The van der Waals surface area contributed by atoms with Crippen molar-refractivity contribution in [3.8, 4) is 6.07 Å². The standard InChI is InChI=1S/C13H13BrN4O/c14-12-6-10(7-15)2-3-13(12)16-8-11(19)9-18-5-1-4-17-18/h1-6,11,16,19H,8-9H2. The maximum Gasteiger partial charge on any atom is 0.0992 e. The lowest BCUT2D eigenvalue weighted by Crippen LogP contribution is -2.25. The lowest BCUT2D eigenvalue weighted by Gasteiger charge is -2.14. The van der Waals surface area contributed by atoms with Gasteiger partial charge in [-0.2, -0.15) is 10.4 Å². The number of anilines is 1. The van der Waals surface area contributed by atoms with Gasteiger partial charge in [-0.3, -0.25) is 4.68 Å². The van der Waals surface area contributed by atoms with E-state index >= 15 is 0 Å². The second kappa shape index (κ2) is 6.36. The van der Waals surface area contributed by atoms with Crippen molar-refractivity contribution in [3.05, 3.63) is 46.7 Å². The Labute approximate surface area is 119 Å². The number of hydrogen-bond donors (Lipinski definition) is 2. The Morgan fingerprint density at radius 1 is 1.53 bits per heavy atom. The molecule has 1 aromatic heterocycles. The van der Waals surface area contributed by atoms with Gasteiger partial charge in [0.15, 0.2) is 0 Å². The summed E-state index contributed by atoms with van der Waals surface area (Å²) >= 11 is 3.39. The van der Waals surface area contributed by atoms with Crippen LogP contribution < -0.4 is 5.32 Å². The van der Waals surface area contributed by atoms with Gasteiger partial charge in [-0.15, -0.1) is 0 Å². The third-order valence-electron chi connectivity index (χ3n) is 2.58. The number of nitriles is 1. The van der Waals surface area contributed by atoms with Crippen molar-refractivity contribution in [1.29, 1.82) is 5.26 Å². The first-order valence-corrected chi connectivity index (χ1v) is 6.57. The van der Waals surface area contributed by atoms with E-state index < -0.39 is 6.10 Å². The summed E-state index contributed by atoms with van der Waals surface area (Å²) in [5.74, 6) is 0. The molecule has 0 fully saturated rings. The number of halogens is 1. The third kappa shape index (κ3) is 3.81. The van der Waals surface area contributed by atoms with Gasteiger partial charge in [0.05, 0.1) is 24.3 Å². The van der Waals surface area contributed by atoms with Crippen molar-refractivity contribution >= 4 is 21.6 Å². The summed E-state index contributed by atoms with van der Waals surface area (Å²) in [5, 5.41) is 25.8. The highest BCUT2D eigenvalue weighted by Crippen LogP contribution is 2.23. The van der Waals surface area contributed by atoms with E-state index in [1.165, 1.54) is 0 Å². The largest absolute Gasteiger partial charge is 0.389 e. The average molecular weight is 321 g/mol. The number of aliphatic hydroxyl groups is 1. The van der Waals surface area contributed by atoms with Crippen LogP contribution in [-0.2, 0) is 6.54 Å². The monoisotopic (exact) mass is 320 g/mol. The molecule has 1 heterocycles. The Morgan fingerprint density at radius 2 is 2.37 bits per heavy atom. The summed E-state index contributed by atoms with van der Waals surface area (Å²) in [7, 11) is 0. The van der Waals surface area contributed by atoms with Crippen LogP contribution in [-0.4, -0.2) is 27.5 Å². The fourth-order valence-corrected chi connectivity index (χ4v) is 2.16. The zero-order valence-corrected chi connectivity index (χ0v) is 11.7. The molecule has 0 bridgehead atoms. The third-order valence-corrected chi connectivity index (χ3v) is 3.24. The predicted molar refractivity (Wildman–Crippen MR) is 75.6 cm³/mol. The predicted octanol–water partition coefficient (Wildman–Crippen LogP) is 1.99. The van der Waals surface area contributed by atoms with Gasteiger partial charge in [-0.1, -0.05) is 0 Å². The Hall–Kier alpha value is -1.84. The van der Waals surface area contributed by atoms with Gasteiger partial charge in [0, 0.05) is 29.1 Å². The topological polar surface area (TPSA) is 73.9 Å². The molecule has 0 amide bonds. The van der Waals surface area contributed by atoms with Gasteiger partial charge >= 0.3 is 0 Å². The highest BCUT2D eigenvalue weighted by molar-refractivity contribution is 9.10. The Kier molecular flexibility index (Phi) is 4.55. The fourth-order valence-electron chi connectivity index (χ4n) is 1.64. The molecule has 6 heteroatoms. The molecule has 1 aromatic carbocycles. The molecule has 2 aromatic rings. The van der Waals surface area contributed by atoms with E-state index in [0.29, 0.717) is 18.7 Å². The minimum Gasteiger partial charge on any atom is -0.389 e. The van der Waals surface area contributed by atoms with E-state index in [1.807, 2.05) is 12.1 Å². The minimum absolute atomic E-state index is 0.407. The number of aliphatic hydroxyl groups excluding tert-OH is 1. The van der Waals surface area contributed by atoms with Gasteiger partial charge in [0.2, 0.25) is 0 Å². The highest BCUT2D eigenvalue weighted by atomic mass is 79.9. The van der Waals surface area contributed by atoms with Crippen molar-refractivity contribution in [2.75, 3.05) is 11.9 Å². The van der Waals surface area contributed by atoms with E-state index in [4.69, 9.17) is 5.26 Å². The van der Waals surface area contributed by atoms with Crippen molar-refractivity contribution in [2.24, 2.45) is 0 Å². The van der Waals surface area contributed by atoms with E-state index in [9.17, 15) is 5.11 Å². The van der Waals surface area contributed by atoms with Crippen LogP contribution in [0, 0.1) is 11.3 Å². The quantitative estimate of drug-likeness (QED) is 0.883. The number of nitrogens with one attached hydrogen (secondary N) is 1. The molecule has 0 aliphatic rings. The first-order chi connectivity index (χ1) is 9.19. The first-order valence-electron chi connectivity index (χ1n) is 5.78. The average Bonchev–Trinajstić information content (AvgIpc) is 2.90. The van der Waals surface area contributed by atoms with Gasteiger partial charge < -0.3 is 10.4 Å². The van der Waals surface area contributed by atoms with Crippen LogP contribution in [0.4, 0.5) is 5.69 Å². The molecule has 0 saturated heterocycles. The normalized spacial score (nSPS) is 11.8. The summed E-state index contributed by atoms with van der Waals surface area (Å²) in [4.78, 5) is 0. The van der Waals surface area contributed by atoms with Crippen LogP contribution in [0.3, 0.4) is 0 Å². The van der Waals surface area contributed by atoms with Crippen LogP contribution in [0.5, 0.6) is 0 Å². The fraction of sp³-hybridized carbons (Fsp3) is 0.231. The summed E-state index contributed by atoms with van der Waals surface area (Å²) in [6.07, 6.45) is 2.94. The zero-order chi connectivity index (χ0) is 13.7. The molecule has 0 saturated carbocycles. The second-order valence-corrected chi connectivity index (χ2v) is 4.92. The first kappa shape index (κ1) is 13.6. The van der Waals surface area contributed by atoms with Crippen molar-refractivity contribution in [1.82, 2.24) is 9.78 Å². The maximum absolute atomic E-state index is 9.88. The van der Waals surface area contributed by atoms with Crippen LogP contribution in [0.1, 0.15) is 5.56 Å². The van der Waals surface area contributed by atoms with Gasteiger partial charge in [-0.25, -0.2) is 0 Å². The summed E-state index contributed by atoms with van der Waals surface area (Å²) in [5.41, 5.74) is 1.44. The molecule has 5 nitrogen and oxygen atoms in total. The van der Waals surface area contributed by atoms with E-state index in [1.54, 1.807) is 29.2 Å². The van der Waals surface area contributed by atoms with Crippen LogP contribution in [0.25, 0.3) is 0 Å². The molecule has 0 spiro atoms. The molecule has 0 aliphatic heterocycles. The number of aromatic nitrogens is 2. The van der Waals surface area contributed by atoms with Gasteiger partial charge in [-0.05, 0) is 40.2 Å². The van der Waals surface area contributed by atoms with Crippen LogP contribution in [0.15, 0.2) is 41.1 Å². The Bertz CT molecular complexity index is 577.